The monoisotopic (exact) mass is 452 g/mol. The van der Waals surface area contributed by atoms with Crippen LogP contribution >= 0.6 is 11.6 Å². The molecule has 0 spiro atoms. The van der Waals surface area contributed by atoms with Gasteiger partial charge >= 0.3 is 6.18 Å². The van der Waals surface area contributed by atoms with Crippen molar-refractivity contribution in [3.05, 3.63) is 64.8 Å². The van der Waals surface area contributed by atoms with Crippen molar-refractivity contribution in [1.82, 2.24) is 25.5 Å². The molecule has 4 rings (SSSR count). The van der Waals surface area contributed by atoms with E-state index >= 15 is 0 Å². The number of carbonyl (C=O) groups is 1. The van der Waals surface area contributed by atoms with Gasteiger partial charge in [0.2, 0.25) is 0 Å². The van der Waals surface area contributed by atoms with Crippen LogP contribution in [0.4, 0.5) is 24.7 Å². The van der Waals surface area contributed by atoms with Crippen molar-refractivity contribution < 1.29 is 22.7 Å². The van der Waals surface area contributed by atoms with E-state index in [1.54, 1.807) is 12.1 Å². The maximum absolute atomic E-state index is 13.2. The molecular weight excluding hydrogens is 437 g/mol. The summed E-state index contributed by atoms with van der Waals surface area (Å²) < 4.78 is 45.2. The van der Waals surface area contributed by atoms with Gasteiger partial charge in [0.1, 0.15) is 0 Å². The molecule has 1 aromatic carbocycles. The normalized spacial score (nSPS) is 16.8. The standard InChI is InChI=1S/C19H16ClF3N6O2/c20-13-5-11(15-8-24-3-4-31-15)1-2-14(13)29(18(30)12-6-26-27-7-12)17-10-25-9-16(28-17)19(21,22)23/h1-2,5-7,9-10,15,24H,3-4,8H2,(H,26,27)/t15-/m1/s1. The second-order valence-corrected chi connectivity index (χ2v) is 7.07. The number of hydrogen-bond acceptors (Lipinski definition) is 6. The van der Waals surface area contributed by atoms with E-state index in [9.17, 15) is 18.0 Å². The number of nitrogens with one attached hydrogen (secondary N) is 2. The molecule has 0 saturated carbocycles. The minimum atomic E-state index is -4.73. The summed E-state index contributed by atoms with van der Waals surface area (Å²) in [4.78, 5) is 21.3. The van der Waals surface area contributed by atoms with Crippen molar-refractivity contribution in [2.75, 3.05) is 24.6 Å². The van der Waals surface area contributed by atoms with Crippen molar-refractivity contribution in [2.45, 2.75) is 12.3 Å². The summed E-state index contributed by atoms with van der Waals surface area (Å²) in [5.74, 6) is -1.00. The zero-order valence-electron chi connectivity index (χ0n) is 15.9. The van der Waals surface area contributed by atoms with Crippen molar-refractivity contribution in [3.8, 4) is 0 Å². The molecule has 2 aromatic heterocycles. The van der Waals surface area contributed by atoms with Gasteiger partial charge in [-0.2, -0.15) is 18.3 Å². The molecule has 1 saturated heterocycles. The Morgan fingerprint density at radius 2 is 2.10 bits per heavy atom. The van der Waals surface area contributed by atoms with Crippen LogP contribution in [0.3, 0.4) is 0 Å². The van der Waals surface area contributed by atoms with E-state index in [4.69, 9.17) is 16.3 Å². The summed E-state index contributed by atoms with van der Waals surface area (Å²) in [7, 11) is 0. The van der Waals surface area contributed by atoms with Crippen LogP contribution in [0, 0.1) is 0 Å². The Balaban J connectivity index is 1.77. The van der Waals surface area contributed by atoms with Crippen molar-refractivity contribution >= 4 is 29.0 Å². The lowest BCUT2D eigenvalue weighted by atomic mass is 10.1. The molecule has 1 fully saturated rings. The molecular formula is C19H16ClF3N6O2. The molecule has 31 heavy (non-hydrogen) atoms. The molecule has 2 N–H and O–H groups in total. The molecule has 162 valence electrons. The number of anilines is 2. The van der Waals surface area contributed by atoms with Gasteiger partial charge in [-0.15, -0.1) is 0 Å². The first-order valence-electron chi connectivity index (χ1n) is 9.19. The molecule has 0 aliphatic carbocycles. The summed E-state index contributed by atoms with van der Waals surface area (Å²) >= 11 is 6.46. The number of rotatable bonds is 4. The number of alkyl halides is 3. The first-order chi connectivity index (χ1) is 14.8. The summed E-state index contributed by atoms with van der Waals surface area (Å²) in [6, 6.07) is 4.86. The Morgan fingerprint density at radius 3 is 2.74 bits per heavy atom. The average Bonchev–Trinajstić information content (AvgIpc) is 3.30. The number of aromatic amines is 1. The van der Waals surface area contributed by atoms with Crippen molar-refractivity contribution in [3.63, 3.8) is 0 Å². The van der Waals surface area contributed by atoms with E-state index in [2.05, 4.69) is 25.5 Å². The largest absolute Gasteiger partial charge is 0.434 e. The molecule has 1 aliphatic rings. The van der Waals surface area contributed by atoms with Gasteiger partial charge < -0.3 is 10.1 Å². The first-order valence-corrected chi connectivity index (χ1v) is 9.56. The van der Waals surface area contributed by atoms with Gasteiger partial charge in [-0.25, -0.2) is 4.98 Å². The molecule has 1 aliphatic heterocycles. The van der Waals surface area contributed by atoms with Gasteiger partial charge in [0.05, 0.1) is 47.6 Å². The van der Waals surface area contributed by atoms with Crippen molar-refractivity contribution in [1.29, 1.82) is 0 Å². The fraction of sp³-hybridized carbons (Fsp3) is 0.263. The summed E-state index contributed by atoms with van der Waals surface area (Å²) in [6.45, 7) is 1.87. The Kier molecular flexibility index (Phi) is 5.90. The fourth-order valence-electron chi connectivity index (χ4n) is 3.12. The smallest absolute Gasteiger partial charge is 0.371 e. The molecule has 8 nitrogen and oxygen atoms in total. The van der Waals surface area contributed by atoms with Crippen LogP contribution in [0.15, 0.2) is 43.0 Å². The third kappa shape index (κ3) is 4.53. The Hall–Kier alpha value is -3.02. The Morgan fingerprint density at radius 1 is 1.26 bits per heavy atom. The number of aromatic nitrogens is 4. The van der Waals surface area contributed by atoms with Crippen LogP contribution < -0.4 is 10.2 Å². The van der Waals surface area contributed by atoms with Gasteiger partial charge in [0.25, 0.3) is 5.91 Å². The molecule has 1 amide bonds. The molecule has 1 atom stereocenters. The average molecular weight is 453 g/mol. The number of morpholine rings is 1. The quantitative estimate of drug-likeness (QED) is 0.629. The van der Waals surface area contributed by atoms with E-state index in [0.29, 0.717) is 19.3 Å². The fourth-order valence-corrected chi connectivity index (χ4v) is 3.39. The molecule has 0 radical (unpaired) electrons. The van der Waals surface area contributed by atoms with Crippen LogP contribution in [0.25, 0.3) is 0 Å². The molecule has 3 heterocycles. The summed E-state index contributed by atoms with van der Waals surface area (Å²) in [6.07, 6.45) is -0.743. The Bertz CT molecular complexity index is 1070. The number of carbonyl (C=O) groups excluding carboxylic acids is 1. The van der Waals surface area contributed by atoms with Gasteiger partial charge in [-0.1, -0.05) is 17.7 Å². The molecule has 0 bridgehead atoms. The third-order valence-corrected chi connectivity index (χ3v) is 4.90. The lowest BCUT2D eigenvalue weighted by Crippen LogP contribution is -2.33. The number of ether oxygens (including phenoxy) is 1. The van der Waals surface area contributed by atoms with E-state index in [-0.39, 0.29) is 28.2 Å². The second-order valence-electron chi connectivity index (χ2n) is 6.66. The zero-order chi connectivity index (χ0) is 22.0. The minimum absolute atomic E-state index is 0.110. The van der Waals surface area contributed by atoms with Crippen LogP contribution in [0.5, 0.6) is 0 Å². The minimum Gasteiger partial charge on any atom is -0.371 e. The number of H-pyrrole nitrogens is 1. The van der Waals surface area contributed by atoms with Gasteiger partial charge in [-0.3, -0.25) is 19.8 Å². The van der Waals surface area contributed by atoms with Crippen LogP contribution in [0.2, 0.25) is 5.02 Å². The highest BCUT2D eigenvalue weighted by Crippen LogP contribution is 2.36. The molecule has 3 aromatic rings. The highest BCUT2D eigenvalue weighted by atomic mass is 35.5. The van der Waals surface area contributed by atoms with Gasteiger partial charge in [0, 0.05) is 19.3 Å². The van der Waals surface area contributed by atoms with E-state index in [1.807, 2.05) is 0 Å². The lowest BCUT2D eigenvalue weighted by molar-refractivity contribution is -0.141. The van der Waals surface area contributed by atoms with Crippen LogP contribution in [0.1, 0.15) is 27.7 Å². The number of hydrogen-bond donors (Lipinski definition) is 2. The maximum atomic E-state index is 13.2. The van der Waals surface area contributed by atoms with E-state index in [0.717, 1.165) is 23.2 Å². The van der Waals surface area contributed by atoms with Gasteiger partial charge in [-0.05, 0) is 17.7 Å². The Labute approximate surface area is 179 Å². The highest BCUT2D eigenvalue weighted by Gasteiger charge is 2.35. The number of amides is 1. The van der Waals surface area contributed by atoms with Crippen LogP contribution in [-0.4, -0.2) is 45.8 Å². The predicted octanol–water partition coefficient (Wildman–Crippen LogP) is 3.51. The topological polar surface area (TPSA) is 96.0 Å². The second kappa shape index (κ2) is 8.61. The maximum Gasteiger partial charge on any atom is 0.434 e. The van der Waals surface area contributed by atoms with Gasteiger partial charge in [0.15, 0.2) is 11.5 Å². The summed E-state index contributed by atoms with van der Waals surface area (Å²) in [5, 5.41) is 9.57. The highest BCUT2D eigenvalue weighted by molar-refractivity contribution is 6.34. The SMILES string of the molecule is O=C(c1cn[nH]c1)N(c1cncc(C(F)(F)F)n1)c1ccc([C@H]2CNCCO2)cc1Cl. The van der Waals surface area contributed by atoms with Crippen LogP contribution in [-0.2, 0) is 10.9 Å². The molecule has 0 unspecified atom stereocenters. The number of nitrogens with zero attached hydrogens (tertiary/aromatic N) is 4. The zero-order valence-corrected chi connectivity index (χ0v) is 16.6. The van der Waals surface area contributed by atoms with E-state index in [1.165, 1.54) is 18.5 Å². The number of halogens is 4. The summed E-state index contributed by atoms with van der Waals surface area (Å²) in [5.41, 5.74) is -0.204. The first kappa shape index (κ1) is 21.2. The third-order valence-electron chi connectivity index (χ3n) is 4.60. The number of benzene rings is 1. The van der Waals surface area contributed by atoms with E-state index < -0.39 is 17.8 Å². The lowest BCUT2D eigenvalue weighted by Gasteiger charge is -2.26. The van der Waals surface area contributed by atoms with Crippen molar-refractivity contribution in [2.24, 2.45) is 0 Å². The molecule has 12 heteroatoms. The predicted molar refractivity (Wildman–Crippen MR) is 105 cm³/mol.